The molecule has 0 aliphatic heterocycles. The third-order valence-electron chi connectivity index (χ3n) is 2.66. The highest BCUT2D eigenvalue weighted by Crippen LogP contribution is 2.23. The average molecular weight is 363 g/mol. The van der Waals surface area contributed by atoms with Crippen LogP contribution in [0.15, 0.2) is 24.4 Å². The minimum atomic E-state index is -0.945. The summed E-state index contributed by atoms with van der Waals surface area (Å²) < 4.78 is 36.7. The summed E-state index contributed by atoms with van der Waals surface area (Å²) in [6.45, 7) is 5.05. The highest BCUT2D eigenvalue weighted by Gasteiger charge is 2.17. The first kappa shape index (κ1) is 18.9. The van der Waals surface area contributed by atoms with Gasteiger partial charge in [0, 0.05) is 6.07 Å². The number of hydrogen-bond acceptors (Lipinski definition) is 7. The fourth-order valence-corrected chi connectivity index (χ4v) is 1.66. The summed E-state index contributed by atoms with van der Waals surface area (Å²) in [5.41, 5.74) is 3.89. The first-order chi connectivity index (χ1) is 12.2. The summed E-state index contributed by atoms with van der Waals surface area (Å²) in [6, 6.07) is 4.22. The lowest BCUT2D eigenvalue weighted by Gasteiger charge is -2.20. The standard InChI is InChI=1S/C16H15F2N5O3/c1-16(2,3)26-15(24)23-22-13-9(7-19)8-20-14(21-13)25-12-5-4-10(17)6-11(12)18/h4-6,8H,1-3H3,(H,23,24)(H,20,21,22). The number of carbonyl (C=O) groups excluding carboxylic acids is 1. The quantitative estimate of drug-likeness (QED) is 0.802. The SMILES string of the molecule is CC(C)(C)OC(=O)NNc1nc(Oc2ccc(F)cc2F)ncc1C#N. The Morgan fingerprint density at radius 1 is 1.31 bits per heavy atom. The van der Waals surface area contributed by atoms with E-state index >= 15 is 0 Å². The van der Waals surface area contributed by atoms with E-state index < -0.39 is 23.3 Å². The molecular weight excluding hydrogens is 348 g/mol. The number of carbonyl (C=O) groups is 1. The molecule has 2 rings (SSSR count). The number of hydrogen-bond donors (Lipinski definition) is 2. The molecule has 8 nitrogen and oxygen atoms in total. The molecule has 0 saturated carbocycles. The Hall–Kier alpha value is -3.48. The van der Waals surface area contributed by atoms with Gasteiger partial charge < -0.3 is 9.47 Å². The Balaban J connectivity index is 2.15. The van der Waals surface area contributed by atoms with Crippen LogP contribution in [0.1, 0.15) is 26.3 Å². The number of rotatable bonds is 4. The summed E-state index contributed by atoms with van der Waals surface area (Å²) in [5.74, 6) is -2.10. The average Bonchev–Trinajstić information content (AvgIpc) is 2.54. The molecule has 0 atom stereocenters. The minimum Gasteiger partial charge on any atom is -0.443 e. The van der Waals surface area contributed by atoms with Gasteiger partial charge in [-0.1, -0.05) is 0 Å². The van der Waals surface area contributed by atoms with Crippen molar-refractivity contribution in [2.45, 2.75) is 26.4 Å². The maximum Gasteiger partial charge on any atom is 0.426 e. The van der Waals surface area contributed by atoms with Crippen molar-refractivity contribution < 1.29 is 23.0 Å². The van der Waals surface area contributed by atoms with E-state index in [2.05, 4.69) is 20.8 Å². The molecule has 0 spiro atoms. The summed E-state index contributed by atoms with van der Waals surface area (Å²) in [7, 11) is 0. The van der Waals surface area contributed by atoms with Crippen LogP contribution in [0.5, 0.6) is 11.8 Å². The van der Waals surface area contributed by atoms with E-state index in [-0.39, 0.29) is 23.1 Å². The van der Waals surface area contributed by atoms with Crippen LogP contribution in [0.4, 0.5) is 19.4 Å². The van der Waals surface area contributed by atoms with E-state index in [9.17, 15) is 13.6 Å². The number of amides is 1. The molecule has 2 N–H and O–H groups in total. The number of nitriles is 1. The number of aromatic nitrogens is 2. The van der Waals surface area contributed by atoms with Gasteiger partial charge in [0.15, 0.2) is 17.4 Å². The zero-order valence-corrected chi connectivity index (χ0v) is 14.1. The summed E-state index contributed by atoms with van der Waals surface area (Å²) in [4.78, 5) is 19.3. The van der Waals surface area contributed by atoms with Crippen LogP contribution in [0.2, 0.25) is 0 Å². The van der Waals surface area contributed by atoms with E-state index in [0.29, 0.717) is 6.07 Å². The fraction of sp³-hybridized carbons (Fsp3) is 0.250. The third-order valence-corrected chi connectivity index (χ3v) is 2.66. The van der Waals surface area contributed by atoms with Gasteiger partial charge in [0.1, 0.15) is 23.1 Å². The molecule has 0 bridgehead atoms. The van der Waals surface area contributed by atoms with Crippen LogP contribution >= 0.6 is 0 Å². The van der Waals surface area contributed by atoms with E-state index in [4.69, 9.17) is 14.7 Å². The normalized spacial score (nSPS) is 10.6. The van der Waals surface area contributed by atoms with E-state index in [1.165, 1.54) is 0 Å². The molecule has 0 radical (unpaired) electrons. The zero-order valence-electron chi connectivity index (χ0n) is 14.1. The lowest BCUT2D eigenvalue weighted by molar-refractivity contribution is 0.0540. The number of ether oxygens (including phenoxy) is 2. The lowest BCUT2D eigenvalue weighted by Crippen LogP contribution is -2.36. The van der Waals surface area contributed by atoms with Crippen LogP contribution < -0.4 is 15.6 Å². The third kappa shape index (κ3) is 5.27. The van der Waals surface area contributed by atoms with Gasteiger partial charge in [-0.05, 0) is 32.9 Å². The molecule has 2 aromatic rings. The second-order valence-corrected chi connectivity index (χ2v) is 5.96. The summed E-state index contributed by atoms with van der Waals surface area (Å²) in [5, 5.41) is 9.07. The molecule has 0 unspecified atom stereocenters. The highest BCUT2D eigenvalue weighted by molar-refractivity contribution is 5.70. The smallest absolute Gasteiger partial charge is 0.426 e. The van der Waals surface area contributed by atoms with Crippen molar-refractivity contribution in [1.82, 2.24) is 15.4 Å². The van der Waals surface area contributed by atoms with Crippen molar-refractivity contribution in [3.8, 4) is 17.8 Å². The van der Waals surface area contributed by atoms with Crippen molar-refractivity contribution in [3.05, 3.63) is 41.6 Å². The van der Waals surface area contributed by atoms with Gasteiger partial charge in [0.25, 0.3) is 0 Å². The van der Waals surface area contributed by atoms with Crippen LogP contribution in [0.3, 0.4) is 0 Å². The van der Waals surface area contributed by atoms with Gasteiger partial charge in [0.2, 0.25) is 0 Å². The van der Waals surface area contributed by atoms with Crippen molar-refractivity contribution in [2.75, 3.05) is 5.43 Å². The van der Waals surface area contributed by atoms with Gasteiger partial charge in [-0.25, -0.2) is 24.0 Å². The maximum atomic E-state index is 13.6. The fourth-order valence-electron chi connectivity index (χ4n) is 1.66. The number of anilines is 1. The van der Waals surface area contributed by atoms with Gasteiger partial charge in [-0.15, -0.1) is 0 Å². The number of nitrogens with zero attached hydrogens (tertiary/aromatic N) is 3. The predicted octanol–water partition coefficient (Wildman–Crippen LogP) is 3.27. The molecule has 0 aliphatic rings. The van der Waals surface area contributed by atoms with Crippen LogP contribution in [0, 0.1) is 23.0 Å². The van der Waals surface area contributed by atoms with Gasteiger partial charge >= 0.3 is 12.1 Å². The Bertz CT molecular complexity index is 862. The molecule has 1 heterocycles. The van der Waals surface area contributed by atoms with E-state index in [1.807, 2.05) is 6.07 Å². The molecule has 1 amide bonds. The van der Waals surface area contributed by atoms with Crippen molar-refractivity contribution in [2.24, 2.45) is 0 Å². The molecular formula is C16H15F2N5O3. The Labute approximate surface area is 147 Å². The van der Waals surface area contributed by atoms with Crippen LogP contribution in [-0.4, -0.2) is 21.7 Å². The van der Waals surface area contributed by atoms with Gasteiger partial charge in [0.05, 0.1) is 6.20 Å². The molecule has 10 heteroatoms. The largest absolute Gasteiger partial charge is 0.443 e. The predicted molar refractivity (Wildman–Crippen MR) is 86.2 cm³/mol. The molecule has 1 aromatic carbocycles. The Morgan fingerprint density at radius 3 is 2.65 bits per heavy atom. The summed E-state index contributed by atoms with van der Waals surface area (Å²) in [6.07, 6.45) is 0.315. The second-order valence-electron chi connectivity index (χ2n) is 5.96. The minimum absolute atomic E-state index is 0.00649. The van der Waals surface area contributed by atoms with Gasteiger partial charge in [-0.3, -0.25) is 5.43 Å². The Kier molecular flexibility index (Phi) is 5.51. The van der Waals surface area contributed by atoms with E-state index in [1.54, 1.807) is 20.8 Å². The monoisotopic (exact) mass is 363 g/mol. The van der Waals surface area contributed by atoms with E-state index in [0.717, 1.165) is 18.3 Å². The maximum absolute atomic E-state index is 13.6. The van der Waals surface area contributed by atoms with Crippen molar-refractivity contribution in [3.63, 3.8) is 0 Å². The lowest BCUT2D eigenvalue weighted by atomic mass is 10.2. The second kappa shape index (κ2) is 7.60. The Morgan fingerprint density at radius 2 is 2.04 bits per heavy atom. The first-order valence-corrected chi connectivity index (χ1v) is 7.33. The molecule has 136 valence electrons. The van der Waals surface area contributed by atoms with Gasteiger partial charge in [-0.2, -0.15) is 10.2 Å². The zero-order chi connectivity index (χ0) is 19.3. The number of hydrazine groups is 1. The van der Waals surface area contributed by atoms with Crippen LogP contribution in [-0.2, 0) is 4.74 Å². The van der Waals surface area contributed by atoms with Crippen LogP contribution in [0.25, 0.3) is 0 Å². The highest BCUT2D eigenvalue weighted by atomic mass is 19.1. The number of halogens is 2. The topological polar surface area (TPSA) is 109 Å². The van der Waals surface area contributed by atoms with Crippen molar-refractivity contribution >= 4 is 11.9 Å². The number of nitrogens with one attached hydrogen (secondary N) is 2. The molecule has 0 aliphatic carbocycles. The number of benzene rings is 1. The molecule has 0 fully saturated rings. The molecule has 1 aromatic heterocycles. The molecule has 0 saturated heterocycles. The summed E-state index contributed by atoms with van der Waals surface area (Å²) >= 11 is 0. The van der Waals surface area contributed by atoms with Crippen molar-refractivity contribution in [1.29, 1.82) is 5.26 Å². The first-order valence-electron chi connectivity index (χ1n) is 7.33. The molecule has 26 heavy (non-hydrogen) atoms.